The fourth-order valence-corrected chi connectivity index (χ4v) is 3.26. The molecular formula is C13H20O2. The van der Waals surface area contributed by atoms with Crippen LogP contribution >= 0.6 is 0 Å². The number of hydrogen-bond acceptors (Lipinski definition) is 2. The second kappa shape index (κ2) is 3.38. The van der Waals surface area contributed by atoms with Crippen molar-refractivity contribution in [2.75, 3.05) is 0 Å². The van der Waals surface area contributed by atoms with Crippen molar-refractivity contribution in [2.24, 2.45) is 11.3 Å². The van der Waals surface area contributed by atoms with Crippen LogP contribution in [0.2, 0.25) is 0 Å². The van der Waals surface area contributed by atoms with E-state index in [2.05, 4.69) is 20.8 Å². The van der Waals surface area contributed by atoms with Gasteiger partial charge in [-0.1, -0.05) is 20.8 Å². The molecule has 1 aromatic rings. The van der Waals surface area contributed by atoms with Gasteiger partial charge in [0, 0.05) is 0 Å². The Morgan fingerprint density at radius 1 is 1.40 bits per heavy atom. The summed E-state index contributed by atoms with van der Waals surface area (Å²) in [6.45, 7) is 6.64. The van der Waals surface area contributed by atoms with E-state index in [-0.39, 0.29) is 5.41 Å². The molecule has 1 fully saturated rings. The third-order valence-electron chi connectivity index (χ3n) is 3.34. The first kappa shape index (κ1) is 10.7. The van der Waals surface area contributed by atoms with E-state index in [0.717, 1.165) is 18.6 Å². The minimum absolute atomic E-state index is 0.194. The van der Waals surface area contributed by atoms with E-state index in [4.69, 9.17) is 4.42 Å². The number of furan rings is 1. The molecule has 1 aliphatic rings. The Morgan fingerprint density at radius 2 is 2.13 bits per heavy atom. The summed E-state index contributed by atoms with van der Waals surface area (Å²) in [6.07, 6.45) is 4.41. The zero-order valence-electron chi connectivity index (χ0n) is 9.79. The average molecular weight is 208 g/mol. The standard InChI is InChI=1S/C13H20O2/c1-10-7-12(2,3)9-13(14,8-10)11-5-4-6-15-11/h4-6,10,14H,7-9H2,1-3H3. The molecule has 0 spiro atoms. The molecule has 0 aromatic carbocycles. The fraction of sp³-hybridized carbons (Fsp3) is 0.692. The first-order valence-corrected chi connectivity index (χ1v) is 5.68. The van der Waals surface area contributed by atoms with Crippen LogP contribution in [0.15, 0.2) is 22.8 Å². The molecule has 2 atom stereocenters. The summed E-state index contributed by atoms with van der Waals surface area (Å²) in [5, 5.41) is 10.6. The fourth-order valence-electron chi connectivity index (χ4n) is 3.26. The van der Waals surface area contributed by atoms with Crippen LogP contribution in [0.25, 0.3) is 0 Å². The van der Waals surface area contributed by atoms with Gasteiger partial charge in [-0.2, -0.15) is 0 Å². The van der Waals surface area contributed by atoms with E-state index >= 15 is 0 Å². The summed E-state index contributed by atoms with van der Waals surface area (Å²) < 4.78 is 5.37. The van der Waals surface area contributed by atoms with Crippen molar-refractivity contribution in [3.05, 3.63) is 24.2 Å². The Bertz CT molecular complexity index is 326. The maximum atomic E-state index is 10.6. The highest BCUT2D eigenvalue weighted by atomic mass is 16.4. The minimum Gasteiger partial charge on any atom is -0.466 e. The summed E-state index contributed by atoms with van der Waals surface area (Å²) >= 11 is 0. The maximum absolute atomic E-state index is 10.6. The highest BCUT2D eigenvalue weighted by molar-refractivity contribution is 5.12. The third kappa shape index (κ3) is 2.10. The maximum Gasteiger partial charge on any atom is 0.135 e. The summed E-state index contributed by atoms with van der Waals surface area (Å²) in [6, 6.07) is 3.73. The summed E-state index contributed by atoms with van der Waals surface area (Å²) in [5.41, 5.74) is -0.566. The van der Waals surface area contributed by atoms with Crippen molar-refractivity contribution in [2.45, 2.75) is 45.6 Å². The molecule has 0 bridgehead atoms. The van der Waals surface area contributed by atoms with Gasteiger partial charge in [-0.25, -0.2) is 0 Å². The van der Waals surface area contributed by atoms with Crippen molar-refractivity contribution in [1.82, 2.24) is 0 Å². The third-order valence-corrected chi connectivity index (χ3v) is 3.34. The predicted molar refractivity (Wildman–Crippen MR) is 59.4 cm³/mol. The Hall–Kier alpha value is -0.760. The lowest BCUT2D eigenvalue weighted by Gasteiger charge is -2.43. The van der Waals surface area contributed by atoms with Crippen molar-refractivity contribution in [3.8, 4) is 0 Å². The van der Waals surface area contributed by atoms with Gasteiger partial charge in [0.25, 0.3) is 0 Å². The monoisotopic (exact) mass is 208 g/mol. The molecule has 2 unspecified atom stereocenters. The Labute approximate surface area is 91.3 Å². The lowest BCUT2D eigenvalue weighted by atomic mass is 9.65. The van der Waals surface area contributed by atoms with Gasteiger partial charge < -0.3 is 9.52 Å². The molecule has 2 rings (SSSR count). The first-order chi connectivity index (χ1) is 6.91. The molecule has 1 aliphatic carbocycles. The number of hydrogen-bond donors (Lipinski definition) is 1. The van der Waals surface area contributed by atoms with Crippen LogP contribution < -0.4 is 0 Å². The van der Waals surface area contributed by atoms with E-state index in [0.29, 0.717) is 5.92 Å². The van der Waals surface area contributed by atoms with E-state index in [9.17, 15) is 5.11 Å². The molecule has 2 heteroatoms. The molecule has 2 nitrogen and oxygen atoms in total. The molecule has 15 heavy (non-hydrogen) atoms. The highest BCUT2D eigenvalue weighted by Gasteiger charge is 2.44. The van der Waals surface area contributed by atoms with Gasteiger partial charge in [-0.05, 0) is 42.7 Å². The highest BCUT2D eigenvalue weighted by Crippen LogP contribution is 2.48. The van der Waals surface area contributed by atoms with E-state index in [1.807, 2.05) is 12.1 Å². The van der Waals surface area contributed by atoms with E-state index in [1.54, 1.807) is 6.26 Å². The second-order valence-corrected chi connectivity index (χ2v) is 5.86. The number of rotatable bonds is 1. The zero-order valence-corrected chi connectivity index (χ0v) is 9.79. The largest absolute Gasteiger partial charge is 0.466 e. The van der Waals surface area contributed by atoms with Gasteiger partial charge in [-0.15, -0.1) is 0 Å². The van der Waals surface area contributed by atoms with Gasteiger partial charge in [0.15, 0.2) is 0 Å². The van der Waals surface area contributed by atoms with Crippen molar-refractivity contribution in [3.63, 3.8) is 0 Å². The van der Waals surface area contributed by atoms with Crippen LogP contribution in [-0.2, 0) is 5.60 Å². The molecule has 1 saturated carbocycles. The lowest BCUT2D eigenvalue weighted by Crippen LogP contribution is -2.39. The predicted octanol–water partition coefficient (Wildman–Crippen LogP) is 3.31. The SMILES string of the molecule is CC1CC(C)(C)CC(O)(c2ccco2)C1. The molecular weight excluding hydrogens is 188 g/mol. The molecule has 84 valence electrons. The number of aliphatic hydroxyl groups is 1. The van der Waals surface area contributed by atoms with Gasteiger partial charge in [0.05, 0.1) is 6.26 Å². The quantitative estimate of drug-likeness (QED) is 0.768. The lowest BCUT2D eigenvalue weighted by molar-refractivity contribution is -0.0775. The van der Waals surface area contributed by atoms with Crippen molar-refractivity contribution < 1.29 is 9.52 Å². The molecule has 0 saturated heterocycles. The van der Waals surface area contributed by atoms with Crippen LogP contribution in [0, 0.1) is 11.3 Å². The van der Waals surface area contributed by atoms with Crippen LogP contribution in [0.3, 0.4) is 0 Å². The average Bonchev–Trinajstić information content (AvgIpc) is 2.49. The summed E-state index contributed by atoms with van der Waals surface area (Å²) in [7, 11) is 0. The Balaban J connectivity index is 2.28. The summed E-state index contributed by atoms with van der Waals surface area (Å²) in [4.78, 5) is 0. The van der Waals surface area contributed by atoms with E-state index < -0.39 is 5.60 Å². The van der Waals surface area contributed by atoms with Gasteiger partial charge in [-0.3, -0.25) is 0 Å². The zero-order chi connectivity index (χ0) is 11.1. The topological polar surface area (TPSA) is 33.4 Å². The molecule has 0 aliphatic heterocycles. The van der Waals surface area contributed by atoms with Gasteiger partial charge in [0.2, 0.25) is 0 Å². The summed E-state index contributed by atoms with van der Waals surface area (Å²) in [5.74, 6) is 1.27. The minimum atomic E-state index is -0.759. The van der Waals surface area contributed by atoms with Crippen LogP contribution in [0.5, 0.6) is 0 Å². The van der Waals surface area contributed by atoms with Crippen LogP contribution in [-0.4, -0.2) is 5.11 Å². The van der Waals surface area contributed by atoms with Gasteiger partial charge >= 0.3 is 0 Å². The molecule has 0 radical (unpaired) electrons. The van der Waals surface area contributed by atoms with Gasteiger partial charge in [0.1, 0.15) is 11.4 Å². The molecule has 1 heterocycles. The Kier molecular flexibility index (Phi) is 2.42. The molecule has 0 amide bonds. The smallest absolute Gasteiger partial charge is 0.135 e. The Morgan fingerprint density at radius 3 is 2.67 bits per heavy atom. The van der Waals surface area contributed by atoms with E-state index in [1.165, 1.54) is 6.42 Å². The normalized spacial score (nSPS) is 35.3. The van der Waals surface area contributed by atoms with Crippen LogP contribution in [0.4, 0.5) is 0 Å². The molecule has 1 N–H and O–H groups in total. The van der Waals surface area contributed by atoms with Crippen LogP contribution in [0.1, 0.15) is 45.8 Å². The first-order valence-electron chi connectivity index (χ1n) is 5.68. The van der Waals surface area contributed by atoms with Crippen molar-refractivity contribution in [1.29, 1.82) is 0 Å². The van der Waals surface area contributed by atoms with Crippen molar-refractivity contribution >= 4 is 0 Å². The molecule has 1 aromatic heterocycles. The second-order valence-electron chi connectivity index (χ2n) is 5.86.